The fourth-order valence-electron chi connectivity index (χ4n) is 0.893. The molecule has 0 aliphatic carbocycles. The number of halogens is 1. The van der Waals surface area contributed by atoms with E-state index in [-0.39, 0.29) is 0 Å². The first-order chi connectivity index (χ1) is 6.22. The first kappa shape index (κ1) is 9.86. The second-order valence-electron chi connectivity index (χ2n) is 2.48. The molecule has 4 heteroatoms. The predicted octanol–water partition coefficient (Wildman–Crippen LogP) is 2.20. The lowest BCUT2D eigenvalue weighted by Gasteiger charge is -2.03. The Morgan fingerprint density at radius 1 is 1.62 bits per heavy atom. The van der Waals surface area contributed by atoms with Crippen LogP contribution >= 0.6 is 11.6 Å². The summed E-state index contributed by atoms with van der Waals surface area (Å²) in [6.07, 6.45) is -0.444. The molecule has 1 aromatic carbocycles. The number of alkyl carbamates (subject to hydrolysis) is 1. The van der Waals surface area contributed by atoms with Crippen molar-refractivity contribution in [2.45, 2.75) is 6.54 Å². The van der Waals surface area contributed by atoms with Crippen LogP contribution in [0.15, 0.2) is 24.3 Å². The lowest BCUT2D eigenvalue weighted by Crippen LogP contribution is -2.22. The van der Waals surface area contributed by atoms with E-state index in [9.17, 15) is 4.79 Å². The molecule has 0 saturated heterocycles. The molecule has 0 saturated carbocycles. The van der Waals surface area contributed by atoms with Crippen LogP contribution in [0.2, 0.25) is 5.02 Å². The molecule has 0 aliphatic heterocycles. The van der Waals surface area contributed by atoms with Gasteiger partial charge >= 0.3 is 6.09 Å². The van der Waals surface area contributed by atoms with Gasteiger partial charge in [-0.3, -0.25) is 0 Å². The van der Waals surface area contributed by atoms with Crippen LogP contribution in [0.3, 0.4) is 0 Å². The van der Waals surface area contributed by atoms with Crippen LogP contribution in [0.25, 0.3) is 0 Å². The molecule has 0 unspecified atom stereocenters. The molecule has 0 aliphatic rings. The molecule has 70 valence electrons. The van der Waals surface area contributed by atoms with Crippen LogP contribution < -0.4 is 5.32 Å². The standard InChI is InChI=1S/C9H10ClNO2/c1-13-9(12)11-6-7-3-2-4-8(10)5-7/h2-5H,6H2,1H3,(H,11,12). The van der Waals surface area contributed by atoms with E-state index in [2.05, 4.69) is 10.1 Å². The van der Waals surface area contributed by atoms with Gasteiger partial charge in [-0.05, 0) is 17.7 Å². The van der Waals surface area contributed by atoms with Gasteiger partial charge in [0.15, 0.2) is 0 Å². The van der Waals surface area contributed by atoms with Crippen LogP contribution in [0.5, 0.6) is 0 Å². The van der Waals surface area contributed by atoms with Gasteiger partial charge in [-0.15, -0.1) is 0 Å². The molecule has 13 heavy (non-hydrogen) atoms. The van der Waals surface area contributed by atoms with Crippen molar-refractivity contribution in [1.82, 2.24) is 5.32 Å². The van der Waals surface area contributed by atoms with Crippen molar-refractivity contribution in [3.8, 4) is 0 Å². The summed E-state index contributed by atoms with van der Waals surface area (Å²) < 4.78 is 4.42. The van der Waals surface area contributed by atoms with Gasteiger partial charge in [0, 0.05) is 11.6 Å². The Kier molecular flexibility index (Phi) is 3.58. The zero-order valence-corrected chi connectivity index (χ0v) is 7.97. The molecule has 0 spiro atoms. The number of amides is 1. The largest absolute Gasteiger partial charge is 0.453 e. The minimum atomic E-state index is -0.444. The Balaban J connectivity index is 2.50. The van der Waals surface area contributed by atoms with Crippen LogP contribution in [0.1, 0.15) is 5.56 Å². The number of methoxy groups -OCH3 is 1. The van der Waals surface area contributed by atoms with Gasteiger partial charge in [0.05, 0.1) is 7.11 Å². The van der Waals surface area contributed by atoms with Gasteiger partial charge < -0.3 is 10.1 Å². The zero-order valence-electron chi connectivity index (χ0n) is 7.21. The van der Waals surface area contributed by atoms with Gasteiger partial charge in [-0.1, -0.05) is 23.7 Å². The van der Waals surface area contributed by atoms with Crippen molar-refractivity contribution in [3.63, 3.8) is 0 Å². The molecule has 1 amide bonds. The van der Waals surface area contributed by atoms with E-state index in [1.54, 1.807) is 12.1 Å². The third kappa shape index (κ3) is 3.34. The molecule has 0 fully saturated rings. The van der Waals surface area contributed by atoms with Crippen LogP contribution in [-0.4, -0.2) is 13.2 Å². The second-order valence-corrected chi connectivity index (χ2v) is 2.91. The molecule has 1 N–H and O–H groups in total. The van der Waals surface area contributed by atoms with E-state index in [1.165, 1.54) is 7.11 Å². The minimum absolute atomic E-state index is 0.424. The zero-order chi connectivity index (χ0) is 9.68. The van der Waals surface area contributed by atoms with E-state index in [0.29, 0.717) is 11.6 Å². The first-order valence-corrected chi connectivity index (χ1v) is 4.16. The Bertz CT molecular complexity index is 301. The number of rotatable bonds is 2. The fraction of sp³-hybridized carbons (Fsp3) is 0.222. The molecule has 0 heterocycles. The predicted molar refractivity (Wildman–Crippen MR) is 50.7 cm³/mol. The summed E-state index contributed by atoms with van der Waals surface area (Å²) in [5.74, 6) is 0. The van der Waals surface area contributed by atoms with Crippen molar-refractivity contribution < 1.29 is 9.53 Å². The Morgan fingerprint density at radius 2 is 2.38 bits per heavy atom. The summed E-state index contributed by atoms with van der Waals surface area (Å²) in [5, 5.41) is 3.21. The summed E-state index contributed by atoms with van der Waals surface area (Å²) in [4.78, 5) is 10.7. The van der Waals surface area contributed by atoms with Gasteiger partial charge in [0.1, 0.15) is 0 Å². The summed E-state index contributed by atoms with van der Waals surface area (Å²) in [7, 11) is 1.33. The monoisotopic (exact) mass is 199 g/mol. The lowest BCUT2D eigenvalue weighted by atomic mass is 10.2. The Labute approximate surface area is 81.7 Å². The van der Waals surface area contributed by atoms with Crippen LogP contribution in [-0.2, 0) is 11.3 Å². The molecule has 0 atom stereocenters. The van der Waals surface area contributed by atoms with Gasteiger partial charge in [-0.25, -0.2) is 4.79 Å². The van der Waals surface area contributed by atoms with E-state index < -0.39 is 6.09 Å². The maximum atomic E-state index is 10.7. The highest BCUT2D eigenvalue weighted by Crippen LogP contribution is 2.10. The number of carbonyl (C=O) groups excluding carboxylic acids is 1. The maximum Gasteiger partial charge on any atom is 0.407 e. The smallest absolute Gasteiger partial charge is 0.407 e. The molecule has 1 aromatic rings. The maximum absolute atomic E-state index is 10.7. The Hall–Kier alpha value is -1.22. The summed E-state index contributed by atoms with van der Waals surface area (Å²) in [6.45, 7) is 0.424. The third-order valence-electron chi connectivity index (χ3n) is 1.51. The van der Waals surface area contributed by atoms with Crippen molar-refractivity contribution in [2.24, 2.45) is 0 Å². The summed E-state index contributed by atoms with van der Waals surface area (Å²) in [6, 6.07) is 7.28. The van der Waals surface area contributed by atoms with Crippen LogP contribution in [0, 0.1) is 0 Å². The summed E-state index contributed by atoms with van der Waals surface area (Å²) >= 11 is 5.75. The molecule has 3 nitrogen and oxygen atoms in total. The topological polar surface area (TPSA) is 38.3 Å². The molecule has 0 radical (unpaired) electrons. The highest BCUT2D eigenvalue weighted by atomic mass is 35.5. The van der Waals surface area contributed by atoms with Crippen molar-refractivity contribution in [3.05, 3.63) is 34.9 Å². The molecule has 0 bridgehead atoms. The third-order valence-corrected chi connectivity index (χ3v) is 1.75. The van der Waals surface area contributed by atoms with E-state index in [0.717, 1.165) is 5.56 Å². The lowest BCUT2D eigenvalue weighted by molar-refractivity contribution is 0.170. The van der Waals surface area contributed by atoms with Gasteiger partial charge in [0.25, 0.3) is 0 Å². The molecular formula is C9H10ClNO2. The number of carbonyl (C=O) groups is 1. The fourth-order valence-corrected chi connectivity index (χ4v) is 1.11. The van der Waals surface area contributed by atoms with E-state index >= 15 is 0 Å². The number of ether oxygens (including phenoxy) is 1. The molecule has 1 rings (SSSR count). The number of hydrogen-bond donors (Lipinski definition) is 1. The van der Waals surface area contributed by atoms with E-state index in [4.69, 9.17) is 11.6 Å². The number of benzene rings is 1. The average Bonchev–Trinajstić information content (AvgIpc) is 2.14. The highest BCUT2D eigenvalue weighted by Gasteiger charge is 1.98. The SMILES string of the molecule is COC(=O)NCc1cccc(Cl)c1. The minimum Gasteiger partial charge on any atom is -0.453 e. The summed E-state index contributed by atoms with van der Waals surface area (Å²) in [5.41, 5.74) is 0.943. The second kappa shape index (κ2) is 4.72. The Morgan fingerprint density at radius 3 is 3.00 bits per heavy atom. The van der Waals surface area contributed by atoms with Crippen LogP contribution in [0.4, 0.5) is 4.79 Å². The van der Waals surface area contributed by atoms with Crippen molar-refractivity contribution in [1.29, 1.82) is 0 Å². The van der Waals surface area contributed by atoms with Gasteiger partial charge in [-0.2, -0.15) is 0 Å². The van der Waals surface area contributed by atoms with Crippen molar-refractivity contribution in [2.75, 3.05) is 7.11 Å². The normalized spacial score (nSPS) is 9.38. The quantitative estimate of drug-likeness (QED) is 0.793. The number of hydrogen-bond acceptors (Lipinski definition) is 2. The van der Waals surface area contributed by atoms with Gasteiger partial charge in [0.2, 0.25) is 0 Å². The van der Waals surface area contributed by atoms with E-state index in [1.807, 2.05) is 12.1 Å². The molecular weight excluding hydrogens is 190 g/mol. The highest BCUT2D eigenvalue weighted by molar-refractivity contribution is 6.30. The molecule has 0 aromatic heterocycles. The number of nitrogens with one attached hydrogen (secondary N) is 1. The van der Waals surface area contributed by atoms with Crippen molar-refractivity contribution >= 4 is 17.7 Å². The average molecular weight is 200 g/mol. The first-order valence-electron chi connectivity index (χ1n) is 3.78.